The predicted molar refractivity (Wildman–Crippen MR) is 62.9 cm³/mol. The normalized spacial score (nSPS) is 20.1. The van der Waals surface area contributed by atoms with Gasteiger partial charge in [-0.3, -0.25) is 4.79 Å². The van der Waals surface area contributed by atoms with Crippen LogP contribution in [-0.2, 0) is 0 Å². The van der Waals surface area contributed by atoms with Gasteiger partial charge in [-0.05, 0) is 33.2 Å². The lowest BCUT2D eigenvalue weighted by Gasteiger charge is -2.16. The molecule has 1 aromatic heterocycles. The van der Waals surface area contributed by atoms with E-state index in [1.54, 1.807) is 13.8 Å². The predicted octanol–water partition coefficient (Wildman–Crippen LogP) is -0.00520. The molecule has 1 aromatic rings. The molecule has 1 unspecified atom stereocenters. The Bertz CT molecular complexity index is 418. The topological polar surface area (TPSA) is 100 Å². The number of carbonyl (C=O) groups is 1. The quantitative estimate of drug-likeness (QED) is 0.699. The number of carbonyl (C=O) groups excluding carboxylic acids is 1. The Morgan fingerprint density at radius 1 is 1.67 bits per heavy atom. The number of nitrogens with zero attached hydrogens (tertiary/aromatic N) is 2. The number of hydrogen-bond donors (Lipinski definition) is 3. The fourth-order valence-electron chi connectivity index (χ4n) is 1.74. The lowest BCUT2D eigenvalue weighted by molar-refractivity contribution is 0.0687. The summed E-state index contributed by atoms with van der Waals surface area (Å²) in [5.41, 5.74) is -0.963. The molecular weight excluding hydrogens is 236 g/mol. The Hall–Kier alpha value is -1.47. The zero-order valence-corrected chi connectivity index (χ0v) is 10.6. The van der Waals surface area contributed by atoms with Crippen molar-refractivity contribution in [1.82, 2.24) is 20.8 Å². The zero-order valence-electron chi connectivity index (χ0n) is 10.6. The Morgan fingerprint density at radius 3 is 3.06 bits per heavy atom. The first-order valence-corrected chi connectivity index (χ1v) is 6.03. The second-order valence-electron chi connectivity index (χ2n) is 5.10. The maximum absolute atomic E-state index is 11.7. The smallest absolute Gasteiger partial charge is 0.292 e. The van der Waals surface area contributed by atoms with Crippen LogP contribution in [0.1, 0.15) is 49.2 Å². The Kier molecular flexibility index (Phi) is 3.63. The minimum atomic E-state index is -0.963. The van der Waals surface area contributed by atoms with Crippen LogP contribution in [0.4, 0.5) is 0 Å². The van der Waals surface area contributed by atoms with Crippen molar-refractivity contribution in [2.45, 2.75) is 38.3 Å². The molecule has 1 amide bonds. The lowest BCUT2D eigenvalue weighted by atomic mass is 10.1. The summed E-state index contributed by atoms with van der Waals surface area (Å²) in [6, 6.07) is 0.0494. The Labute approximate surface area is 105 Å². The van der Waals surface area contributed by atoms with Crippen LogP contribution >= 0.6 is 0 Å². The van der Waals surface area contributed by atoms with Gasteiger partial charge >= 0.3 is 0 Å². The monoisotopic (exact) mass is 254 g/mol. The van der Waals surface area contributed by atoms with Crippen LogP contribution in [-0.4, -0.2) is 39.8 Å². The van der Waals surface area contributed by atoms with Gasteiger partial charge in [0.1, 0.15) is 0 Å². The first-order valence-electron chi connectivity index (χ1n) is 6.03. The molecule has 7 nitrogen and oxygen atoms in total. The van der Waals surface area contributed by atoms with E-state index in [-0.39, 0.29) is 18.4 Å². The number of aliphatic hydroxyl groups is 1. The van der Waals surface area contributed by atoms with Crippen LogP contribution in [0.25, 0.3) is 0 Å². The molecule has 1 fully saturated rings. The number of aromatic nitrogens is 2. The fourth-order valence-corrected chi connectivity index (χ4v) is 1.74. The molecule has 2 rings (SSSR count). The highest BCUT2D eigenvalue weighted by molar-refractivity contribution is 5.90. The Morgan fingerprint density at radius 2 is 2.44 bits per heavy atom. The van der Waals surface area contributed by atoms with E-state index >= 15 is 0 Å². The average molecular weight is 254 g/mol. The molecule has 3 N–H and O–H groups in total. The van der Waals surface area contributed by atoms with Gasteiger partial charge < -0.3 is 20.3 Å². The molecule has 1 aliphatic heterocycles. The summed E-state index contributed by atoms with van der Waals surface area (Å²) in [6.45, 7) is 4.28. The Balaban J connectivity index is 1.94. The number of hydrogen-bond acceptors (Lipinski definition) is 6. The van der Waals surface area contributed by atoms with Crippen molar-refractivity contribution < 1.29 is 14.4 Å². The van der Waals surface area contributed by atoms with Crippen molar-refractivity contribution in [3.8, 4) is 0 Å². The van der Waals surface area contributed by atoms with Gasteiger partial charge in [0.05, 0.1) is 11.6 Å². The molecule has 0 radical (unpaired) electrons. The third-order valence-electron chi connectivity index (χ3n) is 2.68. The van der Waals surface area contributed by atoms with Gasteiger partial charge in [-0.25, -0.2) is 0 Å². The van der Waals surface area contributed by atoms with Crippen molar-refractivity contribution in [3.05, 3.63) is 11.7 Å². The molecule has 0 bridgehead atoms. The molecule has 0 spiro atoms. The van der Waals surface area contributed by atoms with Crippen LogP contribution in [0.3, 0.4) is 0 Å². The second kappa shape index (κ2) is 5.03. The van der Waals surface area contributed by atoms with Crippen LogP contribution < -0.4 is 10.6 Å². The summed E-state index contributed by atoms with van der Waals surface area (Å²) in [5, 5.41) is 18.9. The van der Waals surface area contributed by atoms with Crippen LogP contribution in [0.2, 0.25) is 0 Å². The van der Waals surface area contributed by atoms with E-state index in [4.69, 9.17) is 4.52 Å². The maximum Gasteiger partial charge on any atom is 0.292 e. The summed E-state index contributed by atoms with van der Waals surface area (Å²) in [5.74, 6) is 0.00832. The summed E-state index contributed by atoms with van der Waals surface area (Å²) in [4.78, 5) is 15.8. The average Bonchev–Trinajstić information content (AvgIpc) is 2.94. The summed E-state index contributed by atoms with van der Waals surface area (Å²) in [6.07, 6.45) is 2.00. The van der Waals surface area contributed by atoms with E-state index in [1.807, 2.05) is 0 Å². The van der Waals surface area contributed by atoms with Gasteiger partial charge in [-0.15, -0.1) is 0 Å². The van der Waals surface area contributed by atoms with Gasteiger partial charge in [0.25, 0.3) is 11.7 Å². The molecule has 0 aliphatic carbocycles. The van der Waals surface area contributed by atoms with E-state index in [0.29, 0.717) is 5.89 Å². The second-order valence-corrected chi connectivity index (χ2v) is 5.10. The van der Waals surface area contributed by atoms with E-state index in [9.17, 15) is 9.90 Å². The van der Waals surface area contributed by atoms with Gasteiger partial charge in [0.2, 0.25) is 5.89 Å². The zero-order chi connectivity index (χ0) is 13.2. The highest BCUT2D eigenvalue weighted by atomic mass is 16.5. The highest BCUT2D eigenvalue weighted by Crippen LogP contribution is 2.20. The van der Waals surface area contributed by atoms with Crippen LogP contribution in [0, 0.1) is 0 Å². The molecule has 7 heteroatoms. The van der Waals surface area contributed by atoms with Gasteiger partial charge in [0, 0.05) is 6.54 Å². The third-order valence-corrected chi connectivity index (χ3v) is 2.68. The SMILES string of the molecule is CC(C)(O)CNC(=O)c1noc(C2CCCN2)n1. The van der Waals surface area contributed by atoms with E-state index < -0.39 is 11.5 Å². The molecule has 18 heavy (non-hydrogen) atoms. The summed E-state index contributed by atoms with van der Waals surface area (Å²) in [7, 11) is 0. The molecule has 1 saturated heterocycles. The summed E-state index contributed by atoms with van der Waals surface area (Å²) >= 11 is 0. The first-order chi connectivity index (χ1) is 8.46. The van der Waals surface area contributed by atoms with Crippen molar-refractivity contribution in [2.24, 2.45) is 0 Å². The molecule has 100 valence electrons. The highest BCUT2D eigenvalue weighted by Gasteiger charge is 2.24. The number of nitrogens with one attached hydrogen (secondary N) is 2. The van der Waals surface area contributed by atoms with E-state index in [2.05, 4.69) is 20.8 Å². The first kappa shape index (κ1) is 13.0. The molecule has 0 aromatic carbocycles. The largest absolute Gasteiger partial charge is 0.389 e. The number of rotatable bonds is 4. The van der Waals surface area contributed by atoms with Crippen molar-refractivity contribution in [3.63, 3.8) is 0 Å². The van der Waals surface area contributed by atoms with Crippen molar-refractivity contribution in [1.29, 1.82) is 0 Å². The summed E-state index contributed by atoms with van der Waals surface area (Å²) < 4.78 is 5.05. The fraction of sp³-hybridized carbons (Fsp3) is 0.727. The van der Waals surface area contributed by atoms with E-state index in [1.165, 1.54) is 0 Å². The molecule has 1 aliphatic rings. The molecule has 2 heterocycles. The minimum absolute atomic E-state index is 0.00273. The van der Waals surface area contributed by atoms with Gasteiger partial charge in [-0.2, -0.15) is 4.98 Å². The van der Waals surface area contributed by atoms with Gasteiger partial charge in [0.15, 0.2) is 0 Å². The standard InChI is InChI=1S/C11H18N4O3/c1-11(2,17)6-13-9(16)8-14-10(18-15-8)7-4-3-5-12-7/h7,12,17H,3-6H2,1-2H3,(H,13,16). The number of amides is 1. The van der Waals surface area contributed by atoms with Crippen LogP contribution in [0.15, 0.2) is 4.52 Å². The lowest BCUT2D eigenvalue weighted by Crippen LogP contribution is -2.38. The van der Waals surface area contributed by atoms with E-state index in [0.717, 1.165) is 19.4 Å². The van der Waals surface area contributed by atoms with Gasteiger partial charge in [-0.1, -0.05) is 5.16 Å². The van der Waals surface area contributed by atoms with Crippen LogP contribution in [0.5, 0.6) is 0 Å². The molecule has 0 saturated carbocycles. The minimum Gasteiger partial charge on any atom is -0.389 e. The third kappa shape index (κ3) is 3.27. The van der Waals surface area contributed by atoms with Crippen molar-refractivity contribution >= 4 is 5.91 Å². The maximum atomic E-state index is 11.7. The van der Waals surface area contributed by atoms with Crippen molar-refractivity contribution in [2.75, 3.05) is 13.1 Å². The molecular formula is C11H18N4O3. The molecule has 1 atom stereocenters.